The molecule has 1 aromatic heterocycles. The van der Waals surface area contributed by atoms with Crippen LogP contribution in [-0.2, 0) is 22.7 Å². The highest BCUT2D eigenvalue weighted by molar-refractivity contribution is 5.99. The minimum atomic E-state index is -0.393. The molecule has 186 valence electrons. The van der Waals surface area contributed by atoms with E-state index in [0.29, 0.717) is 30.8 Å². The number of rotatable bonds is 8. The maximum absolute atomic E-state index is 13.3. The highest BCUT2D eigenvalue weighted by Gasteiger charge is 2.31. The standard InChI is InChI=1S/C28H29N3O5/c1-20(32)23-7-9-24(10-8-23)28(34)31-17-26(36-19-22-4-3-13-29-14-22)16-30(27(33)18-31)15-21-5-11-25(35-2)12-6-21/h3-14,26H,15-19H2,1-2H3. The van der Waals surface area contributed by atoms with Crippen molar-refractivity contribution in [1.29, 1.82) is 0 Å². The van der Waals surface area contributed by atoms with E-state index in [1.165, 1.54) is 11.8 Å². The number of Topliss-reactive ketones (excluding diaryl/α,β-unsaturated/α-hetero) is 1. The molecule has 8 nitrogen and oxygen atoms in total. The van der Waals surface area contributed by atoms with Crippen molar-refractivity contribution in [2.24, 2.45) is 0 Å². The molecule has 4 rings (SSSR count). The lowest BCUT2D eigenvalue weighted by molar-refractivity contribution is -0.132. The molecule has 0 N–H and O–H groups in total. The van der Waals surface area contributed by atoms with Crippen LogP contribution in [0.15, 0.2) is 73.1 Å². The normalized spacial score (nSPS) is 15.9. The van der Waals surface area contributed by atoms with Gasteiger partial charge in [0.15, 0.2) is 5.78 Å². The molecule has 2 aromatic carbocycles. The van der Waals surface area contributed by atoms with Crippen LogP contribution in [0.3, 0.4) is 0 Å². The number of methoxy groups -OCH3 is 1. The van der Waals surface area contributed by atoms with Gasteiger partial charge in [0.2, 0.25) is 5.91 Å². The van der Waals surface area contributed by atoms with Crippen LogP contribution in [0.2, 0.25) is 0 Å². The molecule has 3 aromatic rings. The van der Waals surface area contributed by atoms with Gasteiger partial charge in [0.05, 0.1) is 19.8 Å². The summed E-state index contributed by atoms with van der Waals surface area (Å²) >= 11 is 0. The van der Waals surface area contributed by atoms with E-state index in [0.717, 1.165) is 16.9 Å². The van der Waals surface area contributed by atoms with Crippen LogP contribution in [0.5, 0.6) is 5.75 Å². The first-order valence-electron chi connectivity index (χ1n) is 11.7. The highest BCUT2D eigenvalue weighted by atomic mass is 16.5. The number of benzene rings is 2. The fourth-order valence-electron chi connectivity index (χ4n) is 4.07. The van der Waals surface area contributed by atoms with Gasteiger partial charge in [-0.1, -0.05) is 30.3 Å². The van der Waals surface area contributed by atoms with E-state index in [-0.39, 0.29) is 30.7 Å². The van der Waals surface area contributed by atoms with E-state index in [4.69, 9.17) is 9.47 Å². The zero-order valence-electron chi connectivity index (χ0n) is 20.4. The number of hydrogen-bond acceptors (Lipinski definition) is 6. The maximum Gasteiger partial charge on any atom is 0.254 e. The van der Waals surface area contributed by atoms with Gasteiger partial charge in [-0.15, -0.1) is 0 Å². The van der Waals surface area contributed by atoms with Crippen LogP contribution in [0, 0.1) is 0 Å². The lowest BCUT2D eigenvalue weighted by Gasteiger charge is -2.25. The number of aromatic nitrogens is 1. The molecular weight excluding hydrogens is 458 g/mol. The van der Waals surface area contributed by atoms with Crippen LogP contribution in [-0.4, -0.2) is 65.2 Å². The molecule has 0 saturated carbocycles. The smallest absolute Gasteiger partial charge is 0.254 e. The number of ether oxygens (including phenoxy) is 2. The number of nitrogens with zero attached hydrogens (tertiary/aromatic N) is 3. The SMILES string of the molecule is COc1ccc(CN2CC(OCc3cccnc3)CN(C(=O)c3ccc(C(C)=O)cc3)CC2=O)cc1. The molecule has 1 fully saturated rings. The summed E-state index contributed by atoms with van der Waals surface area (Å²) in [7, 11) is 1.61. The van der Waals surface area contributed by atoms with Gasteiger partial charge in [-0.05, 0) is 48.4 Å². The van der Waals surface area contributed by atoms with Gasteiger partial charge in [0.1, 0.15) is 12.3 Å². The highest BCUT2D eigenvalue weighted by Crippen LogP contribution is 2.18. The van der Waals surface area contributed by atoms with Crippen LogP contribution in [0.25, 0.3) is 0 Å². The summed E-state index contributed by atoms with van der Waals surface area (Å²) in [6.07, 6.45) is 3.04. The monoisotopic (exact) mass is 487 g/mol. The van der Waals surface area contributed by atoms with Gasteiger partial charge >= 0.3 is 0 Å². The third kappa shape index (κ3) is 6.34. The van der Waals surface area contributed by atoms with Gasteiger partial charge in [-0.2, -0.15) is 0 Å². The molecule has 2 amide bonds. The van der Waals surface area contributed by atoms with Gasteiger partial charge < -0.3 is 19.3 Å². The second kappa shape index (κ2) is 11.6. The summed E-state index contributed by atoms with van der Waals surface area (Å²) < 4.78 is 11.4. The van der Waals surface area contributed by atoms with E-state index in [9.17, 15) is 14.4 Å². The second-order valence-electron chi connectivity index (χ2n) is 8.74. The van der Waals surface area contributed by atoms with Crippen molar-refractivity contribution in [3.05, 3.63) is 95.3 Å². The summed E-state index contributed by atoms with van der Waals surface area (Å²) in [4.78, 5) is 45.5. The molecule has 8 heteroatoms. The molecule has 1 saturated heterocycles. The zero-order chi connectivity index (χ0) is 25.5. The Hall–Kier alpha value is -4.04. The first kappa shape index (κ1) is 25.1. The number of hydrogen-bond donors (Lipinski definition) is 0. The van der Waals surface area contributed by atoms with Crippen molar-refractivity contribution >= 4 is 17.6 Å². The Balaban J connectivity index is 1.53. The van der Waals surface area contributed by atoms with E-state index < -0.39 is 6.10 Å². The number of amides is 2. The minimum absolute atomic E-state index is 0.0593. The molecule has 36 heavy (non-hydrogen) atoms. The van der Waals surface area contributed by atoms with Crippen molar-refractivity contribution in [2.45, 2.75) is 26.2 Å². The lowest BCUT2D eigenvalue weighted by Crippen LogP contribution is -2.39. The Labute approximate surface area is 210 Å². The Morgan fingerprint density at radius 3 is 2.33 bits per heavy atom. The van der Waals surface area contributed by atoms with Crippen LogP contribution in [0.1, 0.15) is 38.8 Å². The van der Waals surface area contributed by atoms with Crippen molar-refractivity contribution in [1.82, 2.24) is 14.8 Å². The van der Waals surface area contributed by atoms with Crippen LogP contribution < -0.4 is 4.74 Å². The average Bonchev–Trinajstić information content (AvgIpc) is 3.06. The van der Waals surface area contributed by atoms with E-state index in [1.807, 2.05) is 36.4 Å². The van der Waals surface area contributed by atoms with E-state index in [1.54, 1.807) is 48.7 Å². The molecule has 0 radical (unpaired) electrons. The Morgan fingerprint density at radius 1 is 0.972 bits per heavy atom. The summed E-state index contributed by atoms with van der Waals surface area (Å²) in [5.74, 6) is 0.231. The van der Waals surface area contributed by atoms with Crippen LogP contribution >= 0.6 is 0 Å². The summed E-state index contributed by atoms with van der Waals surface area (Å²) in [5, 5.41) is 0. The quantitative estimate of drug-likeness (QED) is 0.453. The molecule has 1 atom stereocenters. The molecule has 0 aliphatic carbocycles. The Kier molecular flexibility index (Phi) is 8.07. The Morgan fingerprint density at radius 2 is 1.69 bits per heavy atom. The summed E-state index contributed by atoms with van der Waals surface area (Å²) in [5.41, 5.74) is 2.81. The zero-order valence-corrected chi connectivity index (χ0v) is 20.4. The molecule has 0 spiro atoms. The van der Waals surface area contributed by atoms with Gasteiger partial charge in [-0.3, -0.25) is 19.4 Å². The van der Waals surface area contributed by atoms with Crippen molar-refractivity contribution in [3.8, 4) is 5.75 Å². The molecule has 1 aliphatic rings. The number of pyridine rings is 1. The number of carbonyl (C=O) groups is 3. The number of ketones is 1. The fourth-order valence-corrected chi connectivity index (χ4v) is 4.07. The summed E-state index contributed by atoms with van der Waals surface area (Å²) in [6, 6.07) is 17.8. The first-order chi connectivity index (χ1) is 17.4. The van der Waals surface area contributed by atoms with E-state index in [2.05, 4.69) is 4.98 Å². The minimum Gasteiger partial charge on any atom is -0.497 e. The second-order valence-corrected chi connectivity index (χ2v) is 8.74. The Bertz CT molecular complexity index is 1200. The molecule has 1 unspecified atom stereocenters. The maximum atomic E-state index is 13.3. The largest absolute Gasteiger partial charge is 0.497 e. The summed E-state index contributed by atoms with van der Waals surface area (Å²) in [6.45, 7) is 2.74. The third-order valence-corrected chi connectivity index (χ3v) is 6.09. The van der Waals surface area contributed by atoms with Gasteiger partial charge in [0.25, 0.3) is 5.91 Å². The molecule has 2 heterocycles. The first-order valence-corrected chi connectivity index (χ1v) is 11.7. The average molecular weight is 488 g/mol. The van der Waals surface area contributed by atoms with Gasteiger partial charge in [0, 0.05) is 43.2 Å². The lowest BCUT2D eigenvalue weighted by atomic mass is 10.1. The number of carbonyl (C=O) groups excluding carboxylic acids is 3. The van der Waals surface area contributed by atoms with Crippen molar-refractivity contribution < 1.29 is 23.9 Å². The van der Waals surface area contributed by atoms with E-state index >= 15 is 0 Å². The predicted molar refractivity (Wildman–Crippen MR) is 134 cm³/mol. The van der Waals surface area contributed by atoms with Crippen molar-refractivity contribution in [3.63, 3.8) is 0 Å². The molecule has 0 bridgehead atoms. The predicted octanol–water partition coefficient (Wildman–Crippen LogP) is 3.36. The van der Waals surface area contributed by atoms with Crippen LogP contribution in [0.4, 0.5) is 0 Å². The van der Waals surface area contributed by atoms with Gasteiger partial charge in [-0.25, -0.2) is 0 Å². The fraction of sp³-hybridized carbons (Fsp3) is 0.286. The third-order valence-electron chi connectivity index (χ3n) is 6.09. The molecule has 1 aliphatic heterocycles. The van der Waals surface area contributed by atoms with Crippen molar-refractivity contribution in [2.75, 3.05) is 26.7 Å². The molecular formula is C28H29N3O5. The topological polar surface area (TPSA) is 89.0 Å².